The lowest BCUT2D eigenvalue weighted by molar-refractivity contribution is -0.140. The summed E-state index contributed by atoms with van der Waals surface area (Å²) in [6.45, 7) is 5.54. The van der Waals surface area contributed by atoms with Crippen molar-refractivity contribution in [1.29, 1.82) is 0 Å². The third kappa shape index (κ3) is 3.67. The summed E-state index contributed by atoms with van der Waals surface area (Å²) in [7, 11) is 0. The quantitative estimate of drug-likeness (QED) is 0.509. The van der Waals surface area contributed by atoms with Gasteiger partial charge < -0.3 is 10.2 Å². The lowest BCUT2D eigenvalue weighted by Gasteiger charge is -2.27. The van der Waals surface area contributed by atoms with Crippen molar-refractivity contribution in [1.82, 2.24) is 25.0 Å². The second-order valence-corrected chi connectivity index (χ2v) is 10.9. The van der Waals surface area contributed by atoms with Crippen LogP contribution in [0.4, 0.5) is 0 Å². The number of aromatic nitrogens is 3. The molecule has 32 heavy (non-hydrogen) atoms. The molecule has 2 aromatic rings. The van der Waals surface area contributed by atoms with Crippen molar-refractivity contribution >= 4 is 51.7 Å². The molecule has 0 unspecified atom stereocenters. The summed E-state index contributed by atoms with van der Waals surface area (Å²) >= 11 is 12.1. The van der Waals surface area contributed by atoms with Gasteiger partial charge in [0.15, 0.2) is 5.78 Å². The Labute approximate surface area is 195 Å². The van der Waals surface area contributed by atoms with Crippen molar-refractivity contribution in [2.75, 3.05) is 6.54 Å². The largest absolute Gasteiger partial charge is 0.354 e. The van der Waals surface area contributed by atoms with Crippen LogP contribution >= 0.6 is 23.2 Å². The zero-order chi connectivity index (χ0) is 22.9. The number of nitrogens with zero attached hydrogens (tertiary/aromatic N) is 4. The fourth-order valence-corrected chi connectivity index (χ4v) is 5.55. The summed E-state index contributed by atoms with van der Waals surface area (Å²) in [5, 5.41) is 8.06. The van der Waals surface area contributed by atoms with Crippen LogP contribution in [-0.2, 0) is 16.1 Å². The molecule has 4 atom stereocenters. The van der Waals surface area contributed by atoms with Gasteiger partial charge in [0.05, 0.1) is 11.2 Å². The second kappa shape index (κ2) is 7.42. The van der Waals surface area contributed by atoms with E-state index in [2.05, 4.69) is 15.4 Å². The highest BCUT2D eigenvalue weighted by atomic mass is 35.5. The molecule has 2 aromatic heterocycles. The van der Waals surface area contributed by atoms with E-state index < -0.39 is 10.4 Å². The lowest BCUT2D eigenvalue weighted by Crippen LogP contribution is -2.49. The molecule has 1 N–H and O–H groups in total. The molecule has 2 amide bonds. The molecule has 3 heterocycles. The summed E-state index contributed by atoms with van der Waals surface area (Å²) in [6, 6.07) is 1.41. The molecule has 5 rings (SSSR count). The first-order valence-electron chi connectivity index (χ1n) is 10.9. The number of hydrogen-bond acceptors (Lipinski definition) is 5. The highest BCUT2D eigenvalue weighted by Crippen LogP contribution is 2.53. The Morgan fingerprint density at radius 1 is 1.25 bits per heavy atom. The van der Waals surface area contributed by atoms with Crippen LogP contribution < -0.4 is 5.32 Å². The molecule has 0 aromatic carbocycles. The van der Waals surface area contributed by atoms with Crippen LogP contribution in [0.5, 0.6) is 0 Å². The summed E-state index contributed by atoms with van der Waals surface area (Å²) < 4.78 is 0.806. The molecule has 170 valence electrons. The minimum Gasteiger partial charge on any atom is -0.354 e. The number of piperidine rings is 1. The van der Waals surface area contributed by atoms with Gasteiger partial charge in [-0.3, -0.25) is 24.0 Å². The number of aryl methyl sites for hydroxylation is 2. The third-order valence-corrected chi connectivity index (χ3v) is 7.75. The molecule has 3 aliphatic rings. The smallest absolute Gasteiger partial charge is 0.245 e. The number of pyridine rings is 1. The highest BCUT2D eigenvalue weighted by Gasteiger charge is 2.56. The minimum absolute atomic E-state index is 0.0442. The second-order valence-electron chi connectivity index (χ2n) is 9.33. The number of Topliss-reactive ketones (excluding diaryl/α,β-unsaturated/α-hetero) is 1. The van der Waals surface area contributed by atoms with E-state index in [1.165, 1.54) is 6.92 Å². The van der Waals surface area contributed by atoms with Crippen molar-refractivity contribution in [3.63, 3.8) is 0 Å². The predicted molar refractivity (Wildman–Crippen MR) is 120 cm³/mol. The lowest BCUT2D eigenvalue weighted by atomic mass is 10.1. The van der Waals surface area contributed by atoms with Gasteiger partial charge in [0, 0.05) is 36.5 Å². The van der Waals surface area contributed by atoms with E-state index in [4.69, 9.17) is 23.2 Å². The van der Waals surface area contributed by atoms with Gasteiger partial charge in [0.2, 0.25) is 11.8 Å². The van der Waals surface area contributed by atoms with Gasteiger partial charge in [-0.2, -0.15) is 5.10 Å². The number of fused-ring (bicyclic) bond motifs is 2. The van der Waals surface area contributed by atoms with Crippen LogP contribution in [0.2, 0.25) is 0 Å². The Balaban J connectivity index is 1.36. The molecular formula is C22H25Cl2N5O3. The van der Waals surface area contributed by atoms with Gasteiger partial charge >= 0.3 is 0 Å². The monoisotopic (exact) mass is 477 g/mol. The van der Waals surface area contributed by atoms with Crippen LogP contribution in [0.15, 0.2) is 6.07 Å². The minimum atomic E-state index is -0.750. The number of amides is 2. The van der Waals surface area contributed by atoms with Crippen molar-refractivity contribution < 1.29 is 14.4 Å². The van der Waals surface area contributed by atoms with Crippen LogP contribution in [0.3, 0.4) is 0 Å². The first kappa shape index (κ1) is 21.6. The van der Waals surface area contributed by atoms with Gasteiger partial charge in [-0.05, 0) is 45.1 Å². The number of ketones is 1. The molecule has 0 radical (unpaired) electrons. The number of carbonyl (C=O) groups is 3. The Morgan fingerprint density at radius 3 is 2.62 bits per heavy atom. The number of likely N-dealkylation sites (tertiary alicyclic amines) is 1. The van der Waals surface area contributed by atoms with Gasteiger partial charge in [-0.1, -0.05) is 0 Å². The van der Waals surface area contributed by atoms with Crippen molar-refractivity contribution in [3.05, 3.63) is 23.1 Å². The third-order valence-electron chi connectivity index (χ3n) is 6.82. The number of nitrogens with one attached hydrogen (secondary N) is 1. The Morgan fingerprint density at radius 2 is 1.97 bits per heavy atom. The number of halogens is 2. The summed E-state index contributed by atoms with van der Waals surface area (Å²) in [4.78, 5) is 44.6. The molecule has 0 bridgehead atoms. The number of alkyl halides is 2. The maximum absolute atomic E-state index is 13.4. The Kier molecular flexibility index (Phi) is 5.02. The van der Waals surface area contributed by atoms with Crippen LogP contribution in [-0.4, -0.2) is 60.2 Å². The van der Waals surface area contributed by atoms with E-state index in [-0.39, 0.29) is 36.1 Å². The molecule has 1 aliphatic heterocycles. The fraction of sp³-hybridized carbons (Fsp3) is 0.591. The van der Waals surface area contributed by atoms with E-state index in [0.717, 1.165) is 12.1 Å². The number of hydrogen-bond donors (Lipinski definition) is 1. The molecule has 8 nitrogen and oxygen atoms in total. The molecule has 0 spiro atoms. The molecule has 10 heteroatoms. The van der Waals surface area contributed by atoms with Crippen LogP contribution in [0, 0.1) is 25.7 Å². The van der Waals surface area contributed by atoms with E-state index in [1.807, 2.05) is 19.9 Å². The van der Waals surface area contributed by atoms with Gasteiger partial charge in [0.25, 0.3) is 0 Å². The van der Waals surface area contributed by atoms with Crippen molar-refractivity contribution in [2.45, 2.75) is 63.0 Å². The van der Waals surface area contributed by atoms with E-state index >= 15 is 0 Å². The predicted octanol–water partition coefficient (Wildman–Crippen LogP) is 2.55. The summed E-state index contributed by atoms with van der Waals surface area (Å²) in [6.07, 6.45) is 2.24. The fourth-order valence-electron chi connectivity index (χ4n) is 5.02. The average Bonchev–Trinajstić information content (AvgIpc) is 3.48. The van der Waals surface area contributed by atoms with Crippen LogP contribution in [0.25, 0.3) is 10.9 Å². The zero-order valence-electron chi connectivity index (χ0n) is 18.2. The first-order valence-corrected chi connectivity index (χ1v) is 11.6. The Hall–Kier alpha value is -2.19. The van der Waals surface area contributed by atoms with Crippen LogP contribution in [0.1, 0.15) is 48.1 Å². The number of rotatable bonds is 6. The van der Waals surface area contributed by atoms with Gasteiger partial charge in [-0.25, -0.2) is 0 Å². The van der Waals surface area contributed by atoms with E-state index in [1.54, 1.807) is 9.58 Å². The molecule has 2 saturated carbocycles. The van der Waals surface area contributed by atoms with Gasteiger partial charge in [0.1, 0.15) is 22.6 Å². The maximum atomic E-state index is 13.4. The molecular weight excluding hydrogens is 453 g/mol. The SMILES string of the molecule is CC(=O)c1nn(CC(=O)N2[C@@H]3C[C@@H]3C[C@H]2C(=O)NC[C@H]2CC2(Cl)Cl)c2c(C)nc(C)cc12. The van der Waals surface area contributed by atoms with Crippen molar-refractivity contribution in [3.8, 4) is 0 Å². The maximum Gasteiger partial charge on any atom is 0.245 e. The summed E-state index contributed by atoms with van der Waals surface area (Å²) in [5.41, 5.74) is 2.50. The first-order chi connectivity index (χ1) is 15.1. The highest BCUT2D eigenvalue weighted by molar-refractivity contribution is 6.50. The topological polar surface area (TPSA) is 97.2 Å². The normalized spacial score (nSPS) is 27.3. The molecule has 1 saturated heterocycles. The molecule has 3 fully saturated rings. The number of carbonyl (C=O) groups excluding carboxylic acids is 3. The van der Waals surface area contributed by atoms with Gasteiger partial charge in [-0.15, -0.1) is 23.2 Å². The Bertz CT molecular complexity index is 1160. The standard InChI is InChI=1S/C22H25Cl2N5O3/c1-10-4-15-19(12(3)30)27-28(20(15)11(2)26-10)9-18(31)29-16-5-13(16)6-17(29)21(32)25-8-14-7-22(14,23)24/h4,13-14,16-17H,5-9H2,1-3H3,(H,25,32)/t13-,14-,16-,17+/m1/s1. The van der Waals surface area contributed by atoms with E-state index in [0.29, 0.717) is 47.6 Å². The van der Waals surface area contributed by atoms with E-state index in [9.17, 15) is 14.4 Å². The zero-order valence-corrected chi connectivity index (χ0v) is 19.7. The average molecular weight is 478 g/mol. The molecule has 2 aliphatic carbocycles. The van der Waals surface area contributed by atoms with Crippen molar-refractivity contribution in [2.24, 2.45) is 11.8 Å². The summed E-state index contributed by atoms with van der Waals surface area (Å²) in [5.74, 6) is -0.0882.